The van der Waals surface area contributed by atoms with Crippen LogP contribution in [0.4, 0.5) is 0 Å². The van der Waals surface area contributed by atoms with Crippen molar-refractivity contribution >= 4 is 5.91 Å². The molecule has 0 bridgehead atoms. The van der Waals surface area contributed by atoms with Crippen LogP contribution in [0.25, 0.3) is 0 Å². The zero-order chi connectivity index (χ0) is 18.5. The molecule has 1 amide bonds. The molecule has 1 aliphatic heterocycles. The van der Waals surface area contributed by atoms with Crippen LogP contribution in [0.1, 0.15) is 33.4 Å². The van der Waals surface area contributed by atoms with Gasteiger partial charge in [-0.2, -0.15) is 0 Å². The van der Waals surface area contributed by atoms with Crippen molar-refractivity contribution in [3.63, 3.8) is 0 Å². The number of aryl methyl sites for hydroxylation is 2. The number of benzene rings is 1. The van der Waals surface area contributed by atoms with Crippen molar-refractivity contribution < 1.29 is 18.8 Å². The molecule has 1 aromatic carbocycles. The molecule has 26 heavy (non-hydrogen) atoms. The van der Waals surface area contributed by atoms with Crippen LogP contribution in [-0.2, 0) is 4.74 Å². The molecule has 3 rings (SSSR count). The fourth-order valence-corrected chi connectivity index (χ4v) is 3.26. The lowest BCUT2D eigenvalue weighted by Gasteiger charge is -2.35. The van der Waals surface area contributed by atoms with Gasteiger partial charge in [-0.25, -0.2) is 0 Å². The third-order valence-corrected chi connectivity index (χ3v) is 4.70. The van der Waals surface area contributed by atoms with Gasteiger partial charge in [-0.3, -0.25) is 9.69 Å². The Balaban J connectivity index is 1.75. The van der Waals surface area contributed by atoms with Crippen LogP contribution in [-0.4, -0.2) is 55.9 Å². The highest BCUT2D eigenvalue weighted by Gasteiger charge is 2.25. The number of ether oxygens (including phenoxy) is 2. The van der Waals surface area contributed by atoms with E-state index in [-0.39, 0.29) is 11.9 Å². The Morgan fingerprint density at radius 2 is 1.96 bits per heavy atom. The second-order valence-corrected chi connectivity index (χ2v) is 6.35. The predicted molar refractivity (Wildman–Crippen MR) is 96.4 cm³/mol. The van der Waals surface area contributed by atoms with E-state index in [1.54, 1.807) is 21.0 Å². The van der Waals surface area contributed by atoms with Gasteiger partial charge in [0.05, 0.1) is 32.1 Å². The molecule has 1 aliphatic rings. The van der Waals surface area contributed by atoms with Crippen LogP contribution < -0.4 is 10.1 Å². The van der Waals surface area contributed by atoms with Gasteiger partial charge in [0.25, 0.3) is 5.91 Å². The van der Waals surface area contributed by atoms with E-state index >= 15 is 0 Å². The lowest BCUT2D eigenvalue weighted by atomic mass is 10.0. The van der Waals surface area contributed by atoms with Gasteiger partial charge in [0.1, 0.15) is 17.1 Å². The first-order valence-corrected chi connectivity index (χ1v) is 8.77. The highest BCUT2D eigenvalue weighted by molar-refractivity contribution is 5.96. The van der Waals surface area contributed by atoms with Crippen molar-refractivity contribution in [2.24, 2.45) is 0 Å². The molecule has 1 atom stereocenters. The number of carbonyl (C=O) groups excluding carboxylic acids is 1. The van der Waals surface area contributed by atoms with Gasteiger partial charge in [0.15, 0.2) is 0 Å². The molecule has 1 fully saturated rings. The molecule has 1 N–H and O–H groups in total. The van der Waals surface area contributed by atoms with Crippen molar-refractivity contribution in [1.29, 1.82) is 0 Å². The molecule has 7 nitrogen and oxygen atoms in total. The van der Waals surface area contributed by atoms with Gasteiger partial charge < -0.3 is 19.3 Å². The van der Waals surface area contributed by atoms with E-state index in [4.69, 9.17) is 14.0 Å². The molecule has 0 spiro atoms. The number of hydrogen-bond donors (Lipinski definition) is 1. The molecular formula is C19H25N3O4. The van der Waals surface area contributed by atoms with Gasteiger partial charge in [0, 0.05) is 19.6 Å². The van der Waals surface area contributed by atoms with Gasteiger partial charge in [0.2, 0.25) is 0 Å². The van der Waals surface area contributed by atoms with Gasteiger partial charge in [-0.15, -0.1) is 0 Å². The largest absolute Gasteiger partial charge is 0.497 e. The van der Waals surface area contributed by atoms with Crippen LogP contribution in [0.15, 0.2) is 28.8 Å². The van der Waals surface area contributed by atoms with Crippen LogP contribution in [0.2, 0.25) is 0 Å². The summed E-state index contributed by atoms with van der Waals surface area (Å²) < 4.78 is 15.8. The summed E-state index contributed by atoms with van der Waals surface area (Å²) in [5.74, 6) is 1.19. The molecule has 1 aromatic heterocycles. The number of nitrogens with zero attached hydrogens (tertiary/aromatic N) is 2. The molecule has 0 aliphatic carbocycles. The third-order valence-electron chi connectivity index (χ3n) is 4.70. The maximum atomic E-state index is 12.6. The molecule has 2 aromatic rings. The summed E-state index contributed by atoms with van der Waals surface area (Å²) in [7, 11) is 1.65. The predicted octanol–water partition coefficient (Wildman–Crippen LogP) is 2.10. The topological polar surface area (TPSA) is 76.8 Å². The van der Waals surface area contributed by atoms with E-state index < -0.39 is 0 Å². The minimum atomic E-state index is -0.159. The average molecular weight is 359 g/mol. The molecule has 2 heterocycles. The Bertz CT molecular complexity index is 716. The summed E-state index contributed by atoms with van der Waals surface area (Å²) in [4.78, 5) is 14.9. The fraction of sp³-hybridized carbons (Fsp3) is 0.474. The SMILES string of the molecule is COc1ccc(C(CNC(=O)c2c(C)noc2C)N2CCOCC2)cc1. The molecule has 1 unspecified atom stereocenters. The van der Waals surface area contributed by atoms with E-state index in [1.165, 1.54) is 0 Å². The maximum Gasteiger partial charge on any atom is 0.256 e. The normalized spacial score (nSPS) is 16.3. The second kappa shape index (κ2) is 8.33. The Kier molecular flexibility index (Phi) is 5.90. The smallest absolute Gasteiger partial charge is 0.256 e. The van der Waals surface area contributed by atoms with Crippen molar-refractivity contribution in [3.05, 3.63) is 46.8 Å². The number of rotatable bonds is 6. The van der Waals surface area contributed by atoms with E-state index in [2.05, 4.69) is 15.4 Å². The monoisotopic (exact) mass is 359 g/mol. The molecule has 0 saturated carbocycles. The van der Waals surface area contributed by atoms with Crippen LogP contribution in [0.3, 0.4) is 0 Å². The van der Waals surface area contributed by atoms with Crippen molar-refractivity contribution in [1.82, 2.24) is 15.4 Å². The quantitative estimate of drug-likeness (QED) is 0.851. The maximum absolute atomic E-state index is 12.6. The highest BCUT2D eigenvalue weighted by Crippen LogP contribution is 2.24. The first kappa shape index (κ1) is 18.4. The average Bonchev–Trinajstić information content (AvgIpc) is 3.01. The summed E-state index contributed by atoms with van der Waals surface area (Å²) in [6.07, 6.45) is 0. The molecule has 7 heteroatoms. The zero-order valence-corrected chi connectivity index (χ0v) is 15.4. The Morgan fingerprint density at radius 1 is 1.27 bits per heavy atom. The number of methoxy groups -OCH3 is 1. The molecular weight excluding hydrogens is 334 g/mol. The number of amides is 1. The standard InChI is InChI=1S/C19H25N3O4/c1-13-18(14(2)26-21-13)19(23)20-12-17(22-8-10-25-11-9-22)15-4-6-16(24-3)7-5-15/h4-7,17H,8-12H2,1-3H3,(H,20,23). The van der Waals surface area contributed by atoms with Crippen LogP contribution in [0.5, 0.6) is 5.75 Å². The first-order chi connectivity index (χ1) is 12.6. The lowest BCUT2D eigenvalue weighted by molar-refractivity contribution is 0.0162. The Labute approximate surface area is 153 Å². The van der Waals surface area contributed by atoms with E-state index in [0.29, 0.717) is 36.8 Å². The van der Waals surface area contributed by atoms with Crippen LogP contribution in [0, 0.1) is 13.8 Å². The van der Waals surface area contributed by atoms with Gasteiger partial charge in [-0.1, -0.05) is 17.3 Å². The van der Waals surface area contributed by atoms with E-state index in [0.717, 1.165) is 24.4 Å². The van der Waals surface area contributed by atoms with Crippen molar-refractivity contribution in [3.8, 4) is 5.75 Å². The Hall–Kier alpha value is -2.38. The molecule has 140 valence electrons. The zero-order valence-electron chi connectivity index (χ0n) is 15.4. The third kappa shape index (κ3) is 4.05. The van der Waals surface area contributed by atoms with E-state index in [1.807, 2.05) is 24.3 Å². The van der Waals surface area contributed by atoms with Crippen LogP contribution >= 0.6 is 0 Å². The summed E-state index contributed by atoms with van der Waals surface area (Å²) in [5, 5.41) is 6.89. The second-order valence-electron chi connectivity index (χ2n) is 6.35. The number of hydrogen-bond acceptors (Lipinski definition) is 6. The van der Waals surface area contributed by atoms with E-state index in [9.17, 15) is 4.79 Å². The summed E-state index contributed by atoms with van der Waals surface area (Å²) in [6, 6.07) is 8.04. The number of aromatic nitrogens is 1. The Morgan fingerprint density at radius 3 is 2.54 bits per heavy atom. The highest BCUT2D eigenvalue weighted by atomic mass is 16.5. The minimum absolute atomic E-state index is 0.0641. The molecule has 0 radical (unpaired) electrons. The van der Waals surface area contributed by atoms with Gasteiger partial charge in [-0.05, 0) is 31.5 Å². The van der Waals surface area contributed by atoms with Crippen molar-refractivity contribution in [2.45, 2.75) is 19.9 Å². The summed E-state index contributed by atoms with van der Waals surface area (Å²) in [5.41, 5.74) is 2.25. The lowest BCUT2D eigenvalue weighted by Crippen LogP contribution is -2.43. The molecule has 1 saturated heterocycles. The number of morpholine rings is 1. The first-order valence-electron chi connectivity index (χ1n) is 8.77. The summed E-state index contributed by atoms with van der Waals surface area (Å²) in [6.45, 7) is 7.08. The fourth-order valence-electron chi connectivity index (χ4n) is 3.26. The summed E-state index contributed by atoms with van der Waals surface area (Å²) >= 11 is 0. The number of nitrogens with one attached hydrogen (secondary N) is 1. The minimum Gasteiger partial charge on any atom is -0.497 e. The van der Waals surface area contributed by atoms with Gasteiger partial charge >= 0.3 is 0 Å². The van der Waals surface area contributed by atoms with Crippen molar-refractivity contribution in [2.75, 3.05) is 40.0 Å². The number of carbonyl (C=O) groups is 1.